The molecule has 0 saturated carbocycles. The molecule has 1 rings (SSSR count). The molecule has 0 aliphatic heterocycles. The Kier molecular flexibility index (Phi) is 4.96. The molecule has 0 aliphatic carbocycles. The number of hydrogen-bond acceptors (Lipinski definition) is 3. The molecular formula is C13H22N2O. The quantitative estimate of drug-likeness (QED) is 0.726. The maximum Gasteiger partial charge on any atom is 0.123 e. The molecule has 0 aromatic heterocycles. The summed E-state index contributed by atoms with van der Waals surface area (Å²) in [6, 6.07) is 6.24. The molecule has 90 valence electrons. The van der Waals surface area contributed by atoms with Crippen LogP contribution >= 0.6 is 0 Å². The molecule has 0 bridgehead atoms. The van der Waals surface area contributed by atoms with Crippen LogP contribution in [-0.4, -0.2) is 12.6 Å². The third-order valence-corrected chi connectivity index (χ3v) is 2.37. The van der Waals surface area contributed by atoms with E-state index in [2.05, 4.69) is 19.2 Å². The molecule has 0 aliphatic rings. The molecule has 0 heterocycles. The van der Waals surface area contributed by atoms with Crippen LogP contribution in [0.4, 0.5) is 11.4 Å². The fraction of sp³-hybridized carbons (Fsp3) is 0.538. The van der Waals surface area contributed by atoms with Gasteiger partial charge >= 0.3 is 0 Å². The summed E-state index contributed by atoms with van der Waals surface area (Å²) in [4.78, 5) is 0. The van der Waals surface area contributed by atoms with E-state index in [-0.39, 0.29) is 0 Å². The third-order valence-electron chi connectivity index (χ3n) is 2.37. The van der Waals surface area contributed by atoms with E-state index in [0.29, 0.717) is 12.6 Å². The van der Waals surface area contributed by atoms with Gasteiger partial charge in [0.25, 0.3) is 0 Å². The molecular weight excluding hydrogens is 200 g/mol. The second-order valence-corrected chi connectivity index (χ2v) is 4.06. The van der Waals surface area contributed by atoms with Gasteiger partial charge in [0.1, 0.15) is 5.75 Å². The molecule has 16 heavy (non-hydrogen) atoms. The molecule has 3 N–H and O–H groups in total. The van der Waals surface area contributed by atoms with E-state index in [1.807, 2.05) is 25.1 Å². The summed E-state index contributed by atoms with van der Waals surface area (Å²) >= 11 is 0. The molecule has 0 fully saturated rings. The zero-order valence-corrected chi connectivity index (χ0v) is 10.4. The van der Waals surface area contributed by atoms with Crippen molar-refractivity contribution in [3.8, 4) is 5.75 Å². The van der Waals surface area contributed by atoms with Gasteiger partial charge in [-0.3, -0.25) is 0 Å². The Bertz CT molecular complexity index is 326. The zero-order chi connectivity index (χ0) is 12.0. The highest BCUT2D eigenvalue weighted by atomic mass is 16.5. The van der Waals surface area contributed by atoms with Gasteiger partial charge in [-0.05, 0) is 26.3 Å². The van der Waals surface area contributed by atoms with Crippen molar-refractivity contribution in [2.75, 3.05) is 17.7 Å². The molecule has 0 amide bonds. The van der Waals surface area contributed by atoms with E-state index < -0.39 is 0 Å². The fourth-order valence-corrected chi connectivity index (χ4v) is 1.75. The van der Waals surface area contributed by atoms with Gasteiger partial charge in [0, 0.05) is 29.5 Å². The van der Waals surface area contributed by atoms with Gasteiger partial charge in [-0.1, -0.05) is 13.3 Å². The number of anilines is 2. The summed E-state index contributed by atoms with van der Waals surface area (Å²) in [5.41, 5.74) is 7.58. The zero-order valence-electron chi connectivity index (χ0n) is 10.4. The number of ether oxygens (including phenoxy) is 1. The molecule has 0 spiro atoms. The highest BCUT2D eigenvalue weighted by Gasteiger charge is 2.03. The molecule has 1 atom stereocenters. The van der Waals surface area contributed by atoms with Gasteiger partial charge in [-0.2, -0.15) is 0 Å². The van der Waals surface area contributed by atoms with Crippen LogP contribution in [0.3, 0.4) is 0 Å². The van der Waals surface area contributed by atoms with Crippen molar-refractivity contribution in [3.05, 3.63) is 18.2 Å². The first-order valence-electron chi connectivity index (χ1n) is 5.95. The van der Waals surface area contributed by atoms with Crippen molar-refractivity contribution in [1.82, 2.24) is 0 Å². The van der Waals surface area contributed by atoms with Crippen LogP contribution in [0.2, 0.25) is 0 Å². The molecule has 1 aromatic rings. The number of nitrogens with one attached hydrogen (secondary N) is 1. The van der Waals surface area contributed by atoms with Crippen molar-refractivity contribution in [2.45, 2.75) is 39.7 Å². The van der Waals surface area contributed by atoms with Gasteiger partial charge in [0.2, 0.25) is 0 Å². The molecule has 3 nitrogen and oxygen atoms in total. The fourth-order valence-electron chi connectivity index (χ4n) is 1.75. The maximum atomic E-state index is 5.82. The van der Waals surface area contributed by atoms with Crippen molar-refractivity contribution in [3.63, 3.8) is 0 Å². The number of nitrogens with two attached hydrogens (primary N) is 1. The average molecular weight is 222 g/mol. The summed E-state index contributed by atoms with van der Waals surface area (Å²) in [6.07, 6.45) is 2.33. The molecule has 1 aromatic carbocycles. The van der Waals surface area contributed by atoms with Crippen LogP contribution in [0.15, 0.2) is 18.2 Å². The third kappa shape index (κ3) is 4.01. The minimum absolute atomic E-state index is 0.460. The monoisotopic (exact) mass is 222 g/mol. The summed E-state index contributed by atoms with van der Waals surface area (Å²) in [5.74, 6) is 0.827. The first-order valence-corrected chi connectivity index (χ1v) is 5.95. The van der Waals surface area contributed by atoms with E-state index in [4.69, 9.17) is 10.5 Å². The summed E-state index contributed by atoms with van der Waals surface area (Å²) in [5, 5.41) is 3.42. The Morgan fingerprint density at radius 3 is 2.69 bits per heavy atom. The van der Waals surface area contributed by atoms with E-state index in [0.717, 1.165) is 23.5 Å². The van der Waals surface area contributed by atoms with E-state index >= 15 is 0 Å². The first-order chi connectivity index (χ1) is 7.65. The van der Waals surface area contributed by atoms with Gasteiger partial charge < -0.3 is 15.8 Å². The Balaban J connectivity index is 2.71. The summed E-state index contributed by atoms with van der Waals surface area (Å²) in [6.45, 7) is 6.99. The van der Waals surface area contributed by atoms with Gasteiger partial charge in [-0.15, -0.1) is 0 Å². The van der Waals surface area contributed by atoms with Crippen molar-refractivity contribution < 1.29 is 4.74 Å². The second-order valence-electron chi connectivity index (χ2n) is 4.06. The average Bonchev–Trinajstić information content (AvgIpc) is 2.17. The standard InChI is InChI=1S/C13H22N2O/c1-4-6-10(3)15-12-7-11(14)8-13(9-12)16-5-2/h7-10,15H,4-6,14H2,1-3H3. The molecule has 0 saturated heterocycles. The minimum Gasteiger partial charge on any atom is -0.494 e. The molecule has 1 unspecified atom stereocenters. The van der Waals surface area contributed by atoms with Crippen molar-refractivity contribution in [2.24, 2.45) is 0 Å². The number of hydrogen-bond donors (Lipinski definition) is 2. The molecule has 0 radical (unpaired) electrons. The van der Waals surface area contributed by atoms with Gasteiger partial charge in [-0.25, -0.2) is 0 Å². The second kappa shape index (κ2) is 6.26. The lowest BCUT2D eigenvalue weighted by atomic mass is 10.2. The lowest BCUT2D eigenvalue weighted by molar-refractivity contribution is 0.340. The van der Waals surface area contributed by atoms with E-state index in [9.17, 15) is 0 Å². The van der Waals surface area contributed by atoms with Gasteiger partial charge in [0.15, 0.2) is 0 Å². The largest absolute Gasteiger partial charge is 0.494 e. The lowest BCUT2D eigenvalue weighted by Gasteiger charge is -2.15. The molecule has 3 heteroatoms. The number of rotatable bonds is 6. The van der Waals surface area contributed by atoms with Crippen molar-refractivity contribution >= 4 is 11.4 Å². The Morgan fingerprint density at radius 1 is 1.31 bits per heavy atom. The van der Waals surface area contributed by atoms with Crippen LogP contribution in [-0.2, 0) is 0 Å². The topological polar surface area (TPSA) is 47.3 Å². The highest BCUT2D eigenvalue weighted by Crippen LogP contribution is 2.23. The SMILES string of the molecule is CCCC(C)Nc1cc(N)cc(OCC)c1. The summed E-state index contributed by atoms with van der Waals surface area (Å²) < 4.78 is 5.45. The Hall–Kier alpha value is -1.38. The van der Waals surface area contributed by atoms with Gasteiger partial charge in [0.05, 0.1) is 6.61 Å². The Morgan fingerprint density at radius 2 is 2.06 bits per heavy atom. The highest BCUT2D eigenvalue weighted by molar-refractivity contribution is 5.59. The van der Waals surface area contributed by atoms with Crippen LogP contribution in [0.1, 0.15) is 33.6 Å². The summed E-state index contributed by atoms with van der Waals surface area (Å²) in [7, 11) is 0. The van der Waals surface area contributed by atoms with Crippen LogP contribution in [0.25, 0.3) is 0 Å². The van der Waals surface area contributed by atoms with E-state index in [1.165, 1.54) is 6.42 Å². The van der Waals surface area contributed by atoms with Crippen LogP contribution in [0, 0.1) is 0 Å². The van der Waals surface area contributed by atoms with Crippen LogP contribution < -0.4 is 15.8 Å². The minimum atomic E-state index is 0.460. The normalized spacial score (nSPS) is 12.2. The predicted molar refractivity (Wildman–Crippen MR) is 70.0 cm³/mol. The van der Waals surface area contributed by atoms with Crippen LogP contribution in [0.5, 0.6) is 5.75 Å². The lowest BCUT2D eigenvalue weighted by Crippen LogP contribution is -2.14. The van der Waals surface area contributed by atoms with E-state index in [1.54, 1.807) is 0 Å². The predicted octanol–water partition coefficient (Wildman–Crippen LogP) is 3.27. The number of nitrogen functional groups attached to an aromatic ring is 1. The Labute approximate surface area is 98.0 Å². The van der Waals surface area contributed by atoms with Crippen molar-refractivity contribution in [1.29, 1.82) is 0 Å². The smallest absolute Gasteiger partial charge is 0.123 e. The first kappa shape index (κ1) is 12.7. The number of benzene rings is 1. The maximum absolute atomic E-state index is 5.82.